The van der Waals surface area contributed by atoms with Crippen molar-refractivity contribution in [1.82, 2.24) is 14.9 Å². The van der Waals surface area contributed by atoms with Gasteiger partial charge in [-0.05, 0) is 38.3 Å². The molecule has 2 aromatic heterocycles. The number of hydrogen-bond donors (Lipinski definition) is 1. The Morgan fingerprint density at radius 3 is 2.90 bits per heavy atom. The number of unbranched alkanes of at least 4 members (excludes halogenated alkanes) is 1. The number of thiophene rings is 1. The molecule has 0 bridgehead atoms. The van der Waals surface area contributed by atoms with Crippen LogP contribution >= 0.6 is 11.3 Å². The van der Waals surface area contributed by atoms with E-state index in [-0.39, 0.29) is 5.91 Å². The molecule has 2 rings (SSSR count). The van der Waals surface area contributed by atoms with Crippen molar-refractivity contribution >= 4 is 17.2 Å². The maximum Gasteiger partial charge on any atom is 0.224 e. The van der Waals surface area contributed by atoms with E-state index in [1.807, 2.05) is 12.5 Å². The first-order valence-electron chi connectivity index (χ1n) is 6.93. The average molecular weight is 291 g/mol. The summed E-state index contributed by atoms with van der Waals surface area (Å²) in [6.45, 7) is 5.86. The summed E-state index contributed by atoms with van der Waals surface area (Å²) in [5.41, 5.74) is 1.16. The van der Waals surface area contributed by atoms with Gasteiger partial charge in [0.15, 0.2) is 0 Å². The maximum absolute atomic E-state index is 11.8. The minimum atomic E-state index is 0.119. The Morgan fingerprint density at radius 1 is 1.40 bits per heavy atom. The summed E-state index contributed by atoms with van der Waals surface area (Å²) in [5.74, 6) is 0.119. The topological polar surface area (TPSA) is 46.9 Å². The van der Waals surface area contributed by atoms with Crippen LogP contribution in [0.4, 0.5) is 0 Å². The molecule has 0 fully saturated rings. The number of nitrogens with one attached hydrogen (secondary N) is 1. The van der Waals surface area contributed by atoms with Gasteiger partial charge < -0.3 is 9.88 Å². The first-order valence-corrected chi connectivity index (χ1v) is 7.75. The van der Waals surface area contributed by atoms with E-state index in [2.05, 4.69) is 34.8 Å². The number of rotatable bonds is 7. The zero-order valence-corrected chi connectivity index (χ0v) is 12.9. The minimum absolute atomic E-state index is 0.119. The highest BCUT2D eigenvalue weighted by molar-refractivity contribution is 7.12. The second-order valence-electron chi connectivity index (χ2n) is 4.97. The van der Waals surface area contributed by atoms with Crippen LogP contribution in [0.5, 0.6) is 0 Å². The molecule has 0 atom stereocenters. The van der Waals surface area contributed by atoms with Crippen LogP contribution in [0, 0.1) is 13.8 Å². The number of hydrogen-bond acceptors (Lipinski definition) is 3. The minimum Gasteiger partial charge on any atom is -0.356 e. The third kappa shape index (κ3) is 4.49. The lowest BCUT2D eigenvalue weighted by Crippen LogP contribution is -2.26. The van der Waals surface area contributed by atoms with Gasteiger partial charge in [-0.3, -0.25) is 4.79 Å². The van der Waals surface area contributed by atoms with Gasteiger partial charge in [-0.1, -0.05) is 0 Å². The van der Waals surface area contributed by atoms with Gasteiger partial charge in [0.25, 0.3) is 0 Å². The van der Waals surface area contributed by atoms with Crippen LogP contribution in [0.3, 0.4) is 0 Å². The number of nitrogens with zero attached hydrogens (tertiary/aromatic N) is 2. The molecular formula is C15H21N3OS. The third-order valence-corrected chi connectivity index (χ3v) is 4.23. The van der Waals surface area contributed by atoms with Crippen LogP contribution < -0.4 is 5.32 Å². The largest absolute Gasteiger partial charge is 0.356 e. The summed E-state index contributed by atoms with van der Waals surface area (Å²) in [6.07, 6.45) is 8.10. The number of carbonyl (C=O) groups excluding carboxylic acids is 1. The zero-order chi connectivity index (χ0) is 14.4. The molecule has 108 valence electrons. The van der Waals surface area contributed by atoms with E-state index in [9.17, 15) is 4.79 Å². The molecule has 4 nitrogen and oxygen atoms in total. The van der Waals surface area contributed by atoms with Gasteiger partial charge in [-0.15, -0.1) is 11.3 Å². The van der Waals surface area contributed by atoms with E-state index in [0.29, 0.717) is 6.42 Å². The van der Waals surface area contributed by atoms with Crippen molar-refractivity contribution in [2.24, 2.45) is 0 Å². The standard InChI is InChI=1S/C15H21N3OS/c1-12-9-14(13(2)20-12)10-15(19)17-5-3-4-7-18-8-6-16-11-18/h6,8-9,11H,3-5,7,10H2,1-2H3,(H,17,19). The first-order chi connectivity index (χ1) is 9.65. The Morgan fingerprint density at radius 2 is 2.25 bits per heavy atom. The fourth-order valence-electron chi connectivity index (χ4n) is 2.16. The Hall–Kier alpha value is -1.62. The van der Waals surface area contributed by atoms with Crippen molar-refractivity contribution in [3.8, 4) is 0 Å². The summed E-state index contributed by atoms with van der Waals surface area (Å²) in [7, 11) is 0. The number of amides is 1. The monoisotopic (exact) mass is 291 g/mol. The molecule has 5 heteroatoms. The highest BCUT2D eigenvalue weighted by Gasteiger charge is 2.07. The summed E-state index contributed by atoms with van der Waals surface area (Å²) in [4.78, 5) is 18.4. The second kappa shape index (κ2) is 7.24. The molecule has 0 aliphatic heterocycles. The van der Waals surface area contributed by atoms with Crippen LogP contribution in [0.25, 0.3) is 0 Å². The zero-order valence-electron chi connectivity index (χ0n) is 12.1. The predicted molar refractivity (Wildman–Crippen MR) is 82.0 cm³/mol. The highest BCUT2D eigenvalue weighted by Crippen LogP contribution is 2.20. The van der Waals surface area contributed by atoms with Crippen LogP contribution in [0.15, 0.2) is 24.8 Å². The van der Waals surface area contributed by atoms with E-state index in [1.165, 1.54) is 9.75 Å². The van der Waals surface area contributed by atoms with Gasteiger partial charge in [0.2, 0.25) is 5.91 Å². The van der Waals surface area contributed by atoms with Crippen molar-refractivity contribution in [2.45, 2.75) is 39.7 Å². The Labute approximate surface area is 123 Å². The molecule has 0 radical (unpaired) electrons. The van der Waals surface area contributed by atoms with E-state index >= 15 is 0 Å². The van der Waals surface area contributed by atoms with Crippen molar-refractivity contribution in [3.05, 3.63) is 40.1 Å². The normalized spacial score (nSPS) is 10.7. The van der Waals surface area contributed by atoms with Crippen molar-refractivity contribution in [1.29, 1.82) is 0 Å². The molecule has 1 amide bonds. The van der Waals surface area contributed by atoms with E-state index in [4.69, 9.17) is 0 Å². The number of imidazole rings is 1. The molecule has 1 N–H and O–H groups in total. The summed E-state index contributed by atoms with van der Waals surface area (Å²) >= 11 is 1.75. The van der Waals surface area contributed by atoms with E-state index in [0.717, 1.165) is 31.5 Å². The molecule has 0 saturated carbocycles. The lowest BCUT2D eigenvalue weighted by molar-refractivity contribution is -0.120. The molecule has 0 spiro atoms. The number of aromatic nitrogens is 2. The molecule has 0 saturated heterocycles. The lowest BCUT2D eigenvalue weighted by atomic mass is 10.1. The molecule has 0 unspecified atom stereocenters. The highest BCUT2D eigenvalue weighted by atomic mass is 32.1. The third-order valence-electron chi connectivity index (χ3n) is 3.22. The molecule has 20 heavy (non-hydrogen) atoms. The SMILES string of the molecule is Cc1cc(CC(=O)NCCCCn2ccnc2)c(C)s1. The van der Waals surface area contributed by atoms with E-state index in [1.54, 1.807) is 17.5 Å². The average Bonchev–Trinajstić information content (AvgIpc) is 3.00. The van der Waals surface area contributed by atoms with Gasteiger partial charge in [0.05, 0.1) is 12.7 Å². The first kappa shape index (κ1) is 14.8. The smallest absolute Gasteiger partial charge is 0.224 e. The van der Waals surface area contributed by atoms with Gasteiger partial charge in [0.1, 0.15) is 0 Å². The maximum atomic E-state index is 11.8. The van der Waals surface area contributed by atoms with Gasteiger partial charge in [-0.2, -0.15) is 0 Å². The Kier molecular flexibility index (Phi) is 5.35. The van der Waals surface area contributed by atoms with Crippen molar-refractivity contribution in [3.63, 3.8) is 0 Å². The predicted octanol–water partition coefficient (Wildman–Crippen LogP) is 2.70. The van der Waals surface area contributed by atoms with Crippen LogP contribution in [0.1, 0.15) is 28.2 Å². The molecule has 0 aromatic carbocycles. The van der Waals surface area contributed by atoms with Gasteiger partial charge in [0, 0.05) is 35.2 Å². The summed E-state index contributed by atoms with van der Waals surface area (Å²) < 4.78 is 2.05. The molecule has 2 aromatic rings. The van der Waals surface area contributed by atoms with Crippen LogP contribution in [-0.2, 0) is 17.8 Å². The fraction of sp³-hybridized carbons (Fsp3) is 0.467. The Bertz CT molecular complexity index is 545. The summed E-state index contributed by atoms with van der Waals surface area (Å²) in [6, 6.07) is 2.11. The van der Waals surface area contributed by atoms with Gasteiger partial charge >= 0.3 is 0 Å². The van der Waals surface area contributed by atoms with Crippen molar-refractivity contribution in [2.75, 3.05) is 6.54 Å². The lowest BCUT2D eigenvalue weighted by Gasteiger charge is -2.05. The van der Waals surface area contributed by atoms with E-state index < -0.39 is 0 Å². The Balaban J connectivity index is 1.62. The number of carbonyl (C=O) groups is 1. The number of aryl methyl sites for hydroxylation is 3. The van der Waals surface area contributed by atoms with Crippen LogP contribution in [-0.4, -0.2) is 22.0 Å². The quantitative estimate of drug-likeness (QED) is 0.797. The second-order valence-corrected chi connectivity index (χ2v) is 6.43. The molecule has 0 aliphatic carbocycles. The van der Waals surface area contributed by atoms with Gasteiger partial charge in [-0.25, -0.2) is 4.98 Å². The van der Waals surface area contributed by atoms with Crippen molar-refractivity contribution < 1.29 is 4.79 Å². The summed E-state index contributed by atoms with van der Waals surface area (Å²) in [5, 5.41) is 2.99. The molecular weight excluding hydrogens is 270 g/mol. The van der Waals surface area contributed by atoms with Crippen LogP contribution in [0.2, 0.25) is 0 Å². The fourth-order valence-corrected chi connectivity index (χ4v) is 3.11. The molecule has 0 aliphatic rings. The molecule has 2 heterocycles.